The van der Waals surface area contributed by atoms with Gasteiger partial charge in [-0.05, 0) is 12.1 Å². The zero-order chi connectivity index (χ0) is 7.56. The predicted molar refractivity (Wildman–Crippen MR) is 47.2 cm³/mol. The van der Waals surface area contributed by atoms with Crippen LogP contribution in [0.4, 0.5) is 0 Å². The van der Waals surface area contributed by atoms with Crippen molar-refractivity contribution < 1.29 is 20.5 Å². The third kappa shape index (κ3) is 3.55. The van der Waals surface area contributed by atoms with Gasteiger partial charge in [0, 0.05) is 0 Å². The Morgan fingerprint density at radius 3 is 2.08 bits per heavy atom. The van der Waals surface area contributed by atoms with E-state index in [0.29, 0.717) is 0 Å². The molecule has 0 atom stereocenters. The van der Waals surface area contributed by atoms with Crippen LogP contribution in [-0.4, -0.2) is 67.1 Å². The van der Waals surface area contributed by atoms with Crippen LogP contribution in [0, 0.1) is 0 Å². The number of carboxylic acids is 1. The summed E-state index contributed by atoms with van der Waals surface area (Å²) in [7, 11) is 0. The summed E-state index contributed by atoms with van der Waals surface area (Å²) in [6.45, 7) is 0. The minimum atomic E-state index is -1.11. The van der Waals surface area contributed by atoms with E-state index in [-0.39, 0.29) is 62.3 Å². The Kier molecular flexibility index (Phi) is 7.77. The van der Waals surface area contributed by atoms with E-state index in [1.54, 1.807) is 12.1 Å². The van der Waals surface area contributed by atoms with Crippen molar-refractivity contribution in [3.63, 3.8) is 0 Å². The van der Waals surface area contributed by atoms with Gasteiger partial charge in [0.15, 0.2) is 0 Å². The van der Waals surface area contributed by atoms with E-state index in [4.69, 9.17) is 10.2 Å². The Balaban J connectivity index is 0. The molecule has 0 aliphatic carbocycles. The van der Waals surface area contributed by atoms with Crippen molar-refractivity contribution in [2.45, 2.75) is 0 Å². The quantitative estimate of drug-likeness (QED) is 0.645. The zero-order valence-corrected chi connectivity index (χ0v) is 5.61. The first-order chi connectivity index (χ1) is 4.72. The number of phenols is 1. The van der Waals surface area contributed by atoms with Crippen molar-refractivity contribution in [3.05, 3.63) is 29.8 Å². The maximum atomic E-state index is 10.3. The van der Waals surface area contributed by atoms with Crippen LogP contribution < -0.4 is 0 Å². The van der Waals surface area contributed by atoms with Gasteiger partial charge in [0.2, 0.25) is 0 Å². The molecule has 1 aromatic carbocycles. The van der Waals surface area contributed by atoms with E-state index in [2.05, 4.69) is 0 Å². The Labute approximate surface area is 106 Å². The number of hydrogen-bond acceptors (Lipinski definition) is 2. The van der Waals surface area contributed by atoms with Crippen molar-refractivity contribution in [2.24, 2.45) is 0 Å². The molecule has 0 radical (unpaired) electrons. The second kappa shape index (κ2) is 6.45. The van der Waals surface area contributed by atoms with Crippen LogP contribution in [0.15, 0.2) is 24.3 Å². The summed E-state index contributed by atoms with van der Waals surface area (Å²) >= 11 is 0. The fraction of sp³-hybridized carbons (Fsp3) is 0. The topological polar surface area (TPSA) is 89.0 Å². The molecule has 0 amide bonds. The van der Waals surface area contributed by atoms with Gasteiger partial charge in [-0.15, -0.1) is 0 Å². The number of benzene rings is 1. The zero-order valence-electron chi connectivity index (χ0n) is 5.61. The summed E-state index contributed by atoms with van der Waals surface area (Å²) in [5.41, 5.74) is -0.0671. The average molecular weight is 246 g/mol. The Bertz CT molecular complexity index is 261. The van der Waals surface area contributed by atoms with Gasteiger partial charge in [-0.25, -0.2) is 4.79 Å². The van der Waals surface area contributed by atoms with Crippen molar-refractivity contribution >= 4 is 51.5 Å². The van der Waals surface area contributed by atoms with Gasteiger partial charge < -0.3 is 15.7 Å². The molecule has 0 aromatic heterocycles. The summed E-state index contributed by atoms with van der Waals surface area (Å²) in [4.78, 5) is 10.3. The fourth-order valence-corrected chi connectivity index (χ4v) is 0.654. The molecule has 0 saturated carbocycles. The molecule has 0 aliphatic rings. The van der Waals surface area contributed by atoms with Crippen LogP contribution in [0.2, 0.25) is 0 Å². The summed E-state index contributed by atoms with van der Waals surface area (Å²) < 4.78 is 0. The Morgan fingerprint density at radius 2 is 1.75 bits per heavy atom. The molecule has 64 valence electrons. The van der Waals surface area contributed by atoms with Gasteiger partial charge in [-0.1, -0.05) is 12.1 Å². The van der Waals surface area contributed by atoms with Crippen molar-refractivity contribution in [1.82, 2.24) is 0 Å². The molecule has 1 aromatic rings. The van der Waals surface area contributed by atoms with Crippen molar-refractivity contribution in [3.8, 4) is 5.75 Å². The van der Waals surface area contributed by atoms with Crippen LogP contribution in [-0.2, 0) is 0 Å². The molecule has 0 saturated heterocycles. The molecule has 4 N–H and O–H groups in total. The molecular weight excluding hydrogens is 236 g/mol. The third-order valence-electron chi connectivity index (χ3n) is 1.13. The van der Waals surface area contributed by atoms with Gasteiger partial charge in [-0.2, -0.15) is 0 Å². The number of carboxylic acid groups (broad SMARTS) is 1. The number of hydrogen-bond donors (Lipinski definition) is 2. The van der Waals surface area contributed by atoms with E-state index in [0.717, 1.165) is 0 Å². The fourth-order valence-electron chi connectivity index (χ4n) is 0.654. The normalized spacial score (nSPS) is 7.67. The number of aromatic hydroxyl groups is 1. The Hall–Kier alpha value is -0.0695. The van der Waals surface area contributed by atoms with E-state index < -0.39 is 5.97 Å². The van der Waals surface area contributed by atoms with Crippen LogP contribution >= 0.6 is 0 Å². The van der Waals surface area contributed by atoms with Gasteiger partial charge >= 0.3 is 51.5 Å². The standard InChI is InChI=1S/C7H6O3.H2O.Sr.2H/c8-6-4-2-1-3-5(6)7(9)10;;;;/h1-4,8H,(H,9,10);1H2;;;. The number of para-hydroxylation sites is 1. The van der Waals surface area contributed by atoms with Gasteiger partial charge in [-0.3, -0.25) is 0 Å². The van der Waals surface area contributed by atoms with Crippen LogP contribution in [0.25, 0.3) is 0 Å². The number of rotatable bonds is 1. The van der Waals surface area contributed by atoms with Gasteiger partial charge in [0.1, 0.15) is 11.3 Å². The molecule has 5 heteroatoms. The van der Waals surface area contributed by atoms with Crippen LogP contribution in [0.3, 0.4) is 0 Å². The Morgan fingerprint density at radius 1 is 1.25 bits per heavy atom. The molecule has 0 unspecified atom stereocenters. The second-order valence-corrected chi connectivity index (χ2v) is 1.82. The minimum absolute atomic E-state index is 0. The third-order valence-corrected chi connectivity index (χ3v) is 1.13. The van der Waals surface area contributed by atoms with E-state index in [1.165, 1.54) is 12.1 Å². The molecular formula is C7H10O4Sr. The summed E-state index contributed by atoms with van der Waals surface area (Å²) in [5.74, 6) is -1.31. The molecule has 1 rings (SSSR count). The molecule has 0 fully saturated rings. The molecule has 0 spiro atoms. The second-order valence-electron chi connectivity index (χ2n) is 1.82. The van der Waals surface area contributed by atoms with Crippen LogP contribution in [0.5, 0.6) is 5.75 Å². The van der Waals surface area contributed by atoms with Crippen molar-refractivity contribution in [1.29, 1.82) is 0 Å². The monoisotopic (exact) mass is 246 g/mol. The van der Waals surface area contributed by atoms with Gasteiger partial charge in [0.25, 0.3) is 0 Å². The van der Waals surface area contributed by atoms with E-state index in [9.17, 15) is 4.79 Å². The van der Waals surface area contributed by atoms with Crippen LogP contribution in [0.1, 0.15) is 10.4 Å². The summed E-state index contributed by atoms with van der Waals surface area (Å²) in [5, 5.41) is 17.3. The maximum absolute atomic E-state index is 10.3. The average Bonchev–Trinajstić information content (AvgIpc) is 1.88. The number of aromatic carboxylic acids is 1. The SMILES string of the molecule is O.O=C(O)c1ccccc1O.[SrH2]. The molecule has 4 nitrogen and oxygen atoms in total. The van der Waals surface area contributed by atoms with Crippen molar-refractivity contribution in [2.75, 3.05) is 0 Å². The first-order valence-corrected chi connectivity index (χ1v) is 2.73. The molecule has 0 bridgehead atoms. The first kappa shape index (κ1) is 14.5. The van der Waals surface area contributed by atoms with Gasteiger partial charge in [0.05, 0.1) is 0 Å². The first-order valence-electron chi connectivity index (χ1n) is 2.73. The molecule has 0 aliphatic heterocycles. The molecule has 0 heterocycles. The number of carbonyl (C=O) groups is 1. The van der Waals surface area contributed by atoms with E-state index in [1.807, 2.05) is 0 Å². The molecule has 12 heavy (non-hydrogen) atoms. The predicted octanol–water partition coefficient (Wildman–Crippen LogP) is -0.650. The summed E-state index contributed by atoms with van der Waals surface area (Å²) in [6.07, 6.45) is 0. The summed E-state index contributed by atoms with van der Waals surface area (Å²) in [6, 6.07) is 5.81. The van der Waals surface area contributed by atoms with E-state index >= 15 is 0 Å².